The van der Waals surface area contributed by atoms with E-state index in [1.165, 1.54) is 0 Å². The van der Waals surface area contributed by atoms with E-state index in [1.54, 1.807) is 0 Å². The van der Waals surface area contributed by atoms with Gasteiger partial charge in [-0.15, -0.1) is 11.6 Å². The van der Waals surface area contributed by atoms with Crippen LogP contribution in [-0.4, -0.2) is 16.8 Å². The lowest BCUT2D eigenvalue weighted by Gasteiger charge is -2.01. The molecule has 9 heavy (non-hydrogen) atoms. The van der Waals surface area contributed by atoms with E-state index in [0.29, 0.717) is 17.5 Å². The topological polar surface area (TPSA) is 32.6 Å². The van der Waals surface area contributed by atoms with Crippen molar-refractivity contribution in [1.82, 2.24) is 0 Å². The normalized spacial score (nSPS) is 12.7. The van der Waals surface area contributed by atoms with Crippen molar-refractivity contribution < 1.29 is 5.21 Å². The molecule has 0 saturated carbocycles. The molecule has 0 aromatic rings. The van der Waals surface area contributed by atoms with Gasteiger partial charge in [-0.2, -0.15) is 0 Å². The number of nitrogens with zero attached hydrogens (tertiary/aromatic N) is 1. The lowest BCUT2D eigenvalue weighted by atomic mass is 10.1. The number of hydrogen-bond donors (Lipinski definition) is 1. The third-order valence-electron chi connectivity index (χ3n) is 0.940. The van der Waals surface area contributed by atoms with Crippen molar-refractivity contribution in [3.05, 3.63) is 0 Å². The van der Waals surface area contributed by atoms with Crippen LogP contribution >= 0.6 is 11.6 Å². The van der Waals surface area contributed by atoms with Gasteiger partial charge in [0.15, 0.2) is 0 Å². The predicted molar refractivity (Wildman–Crippen MR) is 39.4 cm³/mol. The minimum atomic E-state index is 0.328. The molecular formula is C6H12ClNO. The van der Waals surface area contributed by atoms with Crippen molar-refractivity contribution in [1.29, 1.82) is 0 Å². The molecule has 3 heteroatoms. The summed E-state index contributed by atoms with van der Waals surface area (Å²) in [4.78, 5) is 0. The summed E-state index contributed by atoms with van der Waals surface area (Å²) in [6, 6.07) is 0. The van der Waals surface area contributed by atoms with Gasteiger partial charge in [0.05, 0.1) is 11.6 Å². The third-order valence-corrected chi connectivity index (χ3v) is 1.25. The van der Waals surface area contributed by atoms with E-state index < -0.39 is 0 Å². The molecule has 54 valence electrons. The molecule has 2 nitrogen and oxygen atoms in total. The van der Waals surface area contributed by atoms with Gasteiger partial charge in [0.2, 0.25) is 0 Å². The number of oxime groups is 1. The lowest BCUT2D eigenvalue weighted by Crippen LogP contribution is -2.04. The van der Waals surface area contributed by atoms with E-state index in [9.17, 15) is 0 Å². The Balaban J connectivity index is 3.58. The minimum Gasteiger partial charge on any atom is -0.411 e. The fraction of sp³-hybridized carbons (Fsp3) is 0.833. The molecule has 0 aliphatic carbocycles. The van der Waals surface area contributed by atoms with Crippen LogP contribution in [0.5, 0.6) is 0 Å². The van der Waals surface area contributed by atoms with E-state index in [-0.39, 0.29) is 0 Å². The van der Waals surface area contributed by atoms with E-state index in [4.69, 9.17) is 16.8 Å². The van der Waals surface area contributed by atoms with E-state index in [2.05, 4.69) is 19.0 Å². The molecule has 1 N–H and O–H groups in total. The Morgan fingerprint density at radius 3 is 2.33 bits per heavy atom. The number of halogens is 1. The summed E-state index contributed by atoms with van der Waals surface area (Å²) in [5.74, 6) is 0.837. The molecule has 0 atom stereocenters. The van der Waals surface area contributed by atoms with Crippen LogP contribution in [0.3, 0.4) is 0 Å². The Hall–Kier alpha value is -0.240. The number of hydrogen-bond acceptors (Lipinski definition) is 2. The summed E-state index contributed by atoms with van der Waals surface area (Å²) in [6.07, 6.45) is 0.778. The Kier molecular flexibility index (Phi) is 4.50. The fourth-order valence-electron chi connectivity index (χ4n) is 0.593. The monoisotopic (exact) mass is 149 g/mol. The Morgan fingerprint density at radius 2 is 2.22 bits per heavy atom. The Labute approximate surface area is 60.5 Å². The first kappa shape index (κ1) is 8.76. The van der Waals surface area contributed by atoms with Gasteiger partial charge in [-0.3, -0.25) is 0 Å². The Morgan fingerprint density at radius 1 is 1.67 bits per heavy atom. The maximum Gasteiger partial charge on any atom is 0.0720 e. The van der Waals surface area contributed by atoms with Gasteiger partial charge < -0.3 is 5.21 Å². The molecule has 0 aliphatic rings. The van der Waals surface area contributed by atoms with Crippen molar-refractivity contribution in [3.63, 3.8) is 0 Å². The van der Waals surface area contributed by atoms with E-state index >= 15 is 0 Å². The van der Waals surface area contributed by atoms with Gasteiger partial charge in [-0.05, 0) is 12.3 Å². The smallest absolute Gasteiger partial charge is 0.0720 e. The highest BCUT2D eigenvalue weighted by atomic mass is 35.5. The van der Waals surface area contributed by atoms with Crippen LogP contribution in [0.25, 0.3) is 0 Å². The summed E-state index contributed by atoms with van der Waals surface area (Å²) >= 11 is 5.42. The second kappa shape index (κ2) is 4.62. The van der Waals surface area contributed by atoms with Gasteiger partial charge in [0.25, 0.3) is 0 Å². The molecule has 0 fully saturated rings. The van der Waals surface area contributed by atoms with E-state index in [0.717, 1.165) is 6.42 Å². The lowest BCUT2D eigenvalue weighted by molar-refractivity contribution is 0.316. The van der Waals surface area contributed by atoms with Gasteiger partial charge in [0.1, 0.15) is 0 Å². The quantitative estimate of drug-likeness (QED) is 0.284. The maximum atomic E-state index is 8.28. The third kappa shape index (κ3) is 4.28. The number of rotatable bonds is 3. The zero-order valence-corrected chi connectivity index (χ0v) is 6.52. The van der Waals surface area contributed by atoms with Gasteiger partial charge in [-0.25, -0.2) is 0 Å². The first-order chi connectivity index (χ1) is 4.20. The van der Waals surface area contributed by atoms with Gasteiger partial charge in [0, 0.05) is 0 Å². The summed E-state index contributed by atoms with van der Waals surface area (Å²) in [5.41, 5.74) is 0.659. The maximum absolute atomic E-state index is 8.28. The van der Waals surface area contributed by atoms with Crippen molar-refractivity contribution in [2.24, 2.45) is 11.1 Å². The van der Waals surface area contributed by atoms with Crippen LogP contribution in [0.1, 0.15) is 20.3 Å². The molecule has 0 amide bonds. The molecule has 0 aromatic heterocycles. The van der Waals surface area contributed by atoms with Crippen molar-refractivity contribution >= 4 is 17.3 Å². The average Bonchev–Trinajstić information content (AvgIpc) is 1.82. The van der Waals surface area contributed by atoms with Gasteiger partial charge >= 0.3 is 0 Å². The largest absolute Gasteiger partial charge is 0.411 e. The zero-order chi connectivity index (χ0) is 7.28. The number of alkyl halides is 1. The molecule has 0 bridgehead atoms. The molecule has 0 heterocycles. The van der Waals surface area contributed by atoms with Gasteiger partial charge in [-0.1, -0.05) is 19.0 Å². The molecule has 0 saturated heterocycles. The first-order valence-corrected chi connectivity index (χ1v) is 3.50. The fourth-order valence-corrected chi connectivity index (χ4v) is 0.756. The van der Waals surface area contributed by atoms with Crippen LogP contribution in [0.15, 0.2) is 5.16 Å². The second-order valence-corrected chi connectivity index (χ2v) is 2.67. The highest BCUT2D eigenvalue weighted by Gasteiger charge is 2.00. The Bertz CT molecular complexity index is 101. The van der Waals surface area contributed by atoms with Crippen LogP contribution in [0.4, 0.5) is 0 Å². The molecule has 0 rings (SSSR count). The van der Waals surface area contributed by atoms with Crippen LogP contribution in [-0.2, 0) is 0 Å². The molecular weight excluding hydrogens is 138 g/mol. The SMILES string of the molecule is CC(C)CC(CCl)=NO. The van der Waals surface area contributed by atoms with E-state index in [1.807, 2.05) is 0 Å². The minimum absolute atomic E-state index is 0.328. The zero-order valence-electron chi connectivity index (χ0n) is 5.76. The second-order valence-electron chi connectivity index (χ2n) is 2.40. The van der Waals surface area contributed by atoms with Crippen molar-refractivity contribution in [2.75, 3.05) is 5.88 Å². The highest BCUT2D eigenvalue weighted by Crippen LogP contribution is 2.02. The summed E-state index contributed by atoms with van der Waals surface area (Å²) in [5, 5.41) is 11.3. The summed E-state index contributed by atoms with van der Waals surface area (Å²) in [6.45, 7) is 4.11. The van der Waals surface area contributed by atoms with Crippen LogP contribution in [0.2, 0.25) is 0 Å². The first-order valence-electron chi connectivity index (χ1n) is 2.96. The molecule has 0 spiro atoms. The molecule has 0 radical (unpaired) electrons. The van der Waals surface area contributed by atoms with Crippen molar-refractivity contribution in [3.8, 4) is 0 Å². The van der Waals surface area contributed by atoms with Crippen molar-refractivity contribution in [2.45, 2.75) is 20.3 Å². The molecule has 0 aliphatic heterocycles. The summed E-state index contributed by atoms with van der Waals surface area (Å²) < 4.78 is 0. The van der Waals surface area contributed by atoms with Crippen LogP contribution in [0, 0.1) is 5.92 Å². The highest BCUT2D eigenvalue weighted by molar-refractivity contribution is 6.28. The molecule has 0 unspecified atom stereocenters. The standard InChI is InChI=1S/C6H12ClNO/c1-5(2)3-6(4-7)8-9/h5,9H,3-4H2,1-2H3. The summed E-state index contributed by atoms with van der Waals surface area (Å²) in [7, 11) is 0. The average molecular weight is 150 g/mol. The predicted octanol–water partition coefficient (Wildman–Crippen LogP) is 2.10. The van der Waals surface area contributed by atoms with Crippen LogP contribution < -0.4 is 0 Å². The molecule has 0 aromatic carbocycles.